The molecule has 1 atom stereocenters. The van der Waals surface area contributed by atoms with E-state index in [9.17, 15) is 0 Å². The monoisotopic (exact) mass is 325 g/mol. The third-order valence-electron chi connectivity index (χ3n) is 3.22. The Morgan fingerprint density at radius 3 is 2.43 bits per heavy atom. The molecule has 2 aromatic carbocycles. The topological polar surface area (TPSA) is 74.9 Å². The SMILES string of the molecule is Cl.Cl.NC(c1ccccc1)c1ccc2[nH]c(CO)nc2c1. The number of nitrogens with one attached hydrogen (secondary N) is 1. The number of aliphatic hydroxyl groups is 1. The summed E-state index contributed by atoms with van der Waals surface area (Å²) in [5.74, 6) is 0.570. The van der Waals surface area contributed by atoms with E-state index in [0.717, 1.165) is 22.2 Å². The third kappa shape index (κ3) is 3.54. The molecular weight excluding hydrogens is 309 g/mol. The first-order valence-corrected chi connectivity index (χ1v) is 6.18. The molecule has 3 rings (SSSR count). The molecule has 4 N–H and O–H groups in total. The number of aliphatic hydroxyl groups excluding tert-OH is 1. The van der Waals surface area contributed by atoms with Crippen LogP contribution in [0, 0.1) is 0 Å². The van der Waals surface area contributed by atoms with Crippen LogP contribution in [0.1, 0.15) is 23.0 Å². The van der Waals surface area contributed by atoms with Crippen LogP contribution in [0.5, 0.6) is 0 Å². The predicted octanol–water partition coefficient (Wildman–Crippen LogP) is 2.95. The number of hydrogen-bond donors (Lipinski definition) is 3. The fraction of sp³-hybridized carbons (Fsp3) is 0.133. The van der Waals surface area contributed by atoms with Gasteiger partial charge >= 0.3 is 0 Å². The van der Waals surface area contributed by atoms with Crippen molar-refractivity contribution in [3.63, 3.8) is 0 Å². The largest absolute Gasteiger partial charge is 0.388 e. The number of rotatable bonds is 3. The minimum absolute atomic E-state index is 0. The van der Waals surface area contributed by atoms with E-state index in [0.29, 0.717) is 5.82 Å². The van der Waals surface area contributed by atoms with E-state index in [1.807, 2.05) is 48.5 Å². The van der Waals surface area contributed by atoms with Crippen molar-refractivity contribution in [2.75, 3.05) is 0 Å². The third-order valence-corrected chi connectivity index (χ3v) is 3.22. The maximum absolute atomic E-state index is 9.08. The van der Waals surface area contributed by atoms with Crippen LogP contribution in [0.15, 0.2) is 48.5 Å². The maximum Gasteiger partial charge on any atom is 0.133 e. The first kappa shape index (κ1) is 17.5. The van der Waals surface area contributed by atoms with Gasteiger partial charge in [0, 0.05) is 0 Å². The molecule has 112 valence electrons. The Morgan fingerprint density at radius 1 is 1.05 bits per heavy atom. The summed E-state index contributed by atoms with van der Waals surface area (Å²) in [7, 11) is 0. The summed E-state index contributed by atoms with van der Waals surface area (Å²) in [6, 6.07) is 15.7. The van der Waals surface area contributed by atoms with Crippen molar-refractivity contribution in [2.24, 2.45) is 5.73 Å². The summed E-state index contributed by atoms with van der Waals surface area (Å²) < 4.78 is 0. The Morgan fingerprint density at radius 2 is 1.76 bits per heavy atom. The van der Waals surface area contributed by atoms with E-state index < -0.39 is 0 Å². The van der Waals surface area contributed by atoms with Crippen LogP contribution in [0.3, 0.4) is 0 Å². The normalized spacial score (nSPS) is 11.5. The molecule has 1 aromatic heterocycles. The Hall–Kier alpha value is -1.59. The van der Waals surface area contributed by atoms with Gasteiger partial charge in [-0.1, -0.05) is 36.4 Å². The van der Waals surface area contributed by atoms with Gasteiger partial charge in [0.15, 0.2) is 0 Å². The fourth-order valence-electron chi connectivity index (χ4n) is 2.20. The minimum Gasteiger partial charge on any atom is -0.388 e. The van der Waals surface area contributed by atoms with Crippen molar-refractivity contribution >= 4 is 35.8 Å². The smallest absolute Gasteiger partial charge is 0.133 e. The number of hydrogen-bond acceptors (Lipinski definition) is 3. The van der Waals surface area contributed by atoms with Gasteiger partial charge in [0.2, 0.25) is 0 Å². The number of nitrogens with zero attached hydrogens (tertiary/aromatic N) is 1. The summed E-state index contributed by atoms with van der Waals surface area (Å²) in [6.07, 6.45) is 0. The van der Waals surface area contributed by atoms with Gasteiger partial charge in [-0.05, 0) is 23.3 Å². The van der Waals surface area contributed by atoms with Crippen LogP contribution in [-0.4, -0.2) is 15.1 Å². The molecule has 0 saturated heterocycles. The molecule has 3 aromatic rings. The maximum atomic E-state index is 9.08. The Balaban J connectivity index is 0.00000110. The summed E-state index contributed by atoms with van der Waals surface area (Å²) in [5.41, 5.74) is 10.1. The summed E-state index contributed by atoms with van der Waals surface area (Å²) in [5, 5.41) is 9.08. The molecule has 0 amide bonds. The molecule has 0 aliphatic rings. The summed E-state index contributed by atoms with van der Waals surface area (Å²) in [4.78, 5) is 7.36. The average Bonchev–Trinajstić information content (AvgIpc) is 2.89. The molecule has 0 aliphatic heterocycles. The van der Waals surface area contributed by atoms with Crippen LogP contribution in [-0.2, 0) is 6.61 Å². The van der Waals surface area contributed by atoms with Crippen molar-refractivity contribution < 1.29 is 5.11 Å². The summed E-state index contributed by atoms with van der Waals surface area (Å²) >= 11 is 0. The van der Waals surface area contributed by atoms with Crippen LogP contribution >= 0.6 is 24.8 Å². The van der Waals surface area contributed by atoms with E-state index in [1.54, 1.807) is 0 Å². The van der Waals surface area contributed by atoms with E-state index in [4.69, 9.17) is 10.8 Å². The zero-order valence-electron chi connectivity index (χ0n) is 11.2. The van der Waals surface area contributed by atoms with Crippen LogP contribution < -0.4 is 5.73 Å². The van der Waals surface area contributed by atoms with E-state index >= 15 is 0 Å². The lowest BCUT2D eigenvalue weighted by Gasteiger charge is -2.12. The van der Waals surface area contributed by atoms with E-state index in [1.165, 1.54) is 0 Å². The first-order valence-electron chi connectivity index (χ1n) is 6.18. The molecule has 4 nitrogen and oxygen atoms in total. The Kier molecular flexibility index (Phi) is 6.18. The van der Waals surface area contributed by atoms with Gasteiger partial charge in [-0.3, -0.25) is 0 Å². The van der Waals surface area contributed by atoms with Gasteiger partial charge in [-0.25, -0.2) is 4.98 Å². The number of aromatic nitrogens is 2. The lowest BCUT2D eigenvalue weighted by atomic mass is 9.99. The summed E-state index contributed by atoms with van der Waals surface area (Å²) in [6.45, 7) is -0.0885. The minimum atomic E-state index is -0.167. The highest BCUT2D eigenvalue weighted by Gasteiger charge is 2.10. The van der Waals surface area contributed by atoms with E-state index in [2.05, 4.69) is 9.97 Å². The molecule has 0 aliphatic carbocycles. The van der Waals surface area contributed by atoms with Crippen molar-refractivity contribution in [1.29, 1.82) is 0 Å². The Labute approximate surface area is 135 Å². The second-order valence-electron chi connectivity index (χ2n) is 4.51. The molecule has 0 spiro atoms. The number of H-pyrrole nitrogens is 1. The lowest BCUT2D eigenvalue weighted by molar-refractivity contribution is 0.273. The van der Waals surface area contributed by atoms with Crippen LogP contribution in [0.4, 0.5) is 0 Å². The number of imidazole rings is 1. The van der Waals surface area contributed by atoms with Crippen molar-refractivity contribution in [3.8, 4) is 0 Å². The molecule has 0 bridgehead atoms. The number of nitrogens with two attached hydrogens (primary N) is 1. The molecular formula is C15H17Cl2N3O. The highest BCUT2D eigenvalue weighted by atomic mass is 35.5. The molecule has 0 fully saturated rings. The zero-order chi connectivity index (χ0) is 13.2. The van der Waals surface area contributed by atoms with Crippen LogP contribution in [0.25, 0.3) is 11.0 Å². The molecule has 1 heterocycles. The molecule has 0 saturated carbocycles. The average molecular weight is 326 g/mol. The van der Waals surface area contributed by atoms with Gasteiger partial charge in [-0.2, -0.15) is 0 Å². The van der Waals surface area contributed by atoms with Gasteiger partial charge in [0.1, 0.15) is 12.4 Å². The fourth-order valence-corrected chi connectivity index (χ4v) is 2.20. The van der Waals surface area contributed by atoms with Crippen molar-refractivity contribution in [2.45, 2.75) is 12.6 Å². The molecule has 0 radical (unpaired) electrons. The van der Waals surface area contributed by atoms with Crippen molar-refractivity contribution in [3.05, 3.63) is 65.5 Å². The quantitative estimate of drug-likeness (QED) is 0.693. The number of aromatic amines is 1. The highest BCUT2D eigenvalue weighted by molar-refractivity contribution is 5.85. The number of halogens is 2. The van der Waals surface area contributed by atoms with Gasteiger partial charge in [0.25, 0.3) is 0 Å². The number of fused-ring (bicyclic) bond motifs is 1. The predicted molar refractivity (Wildman–Crippen MR) is 89.0 cm³/mol. The molecule has 6 heteroatoms. The number of benzene rings is 2. The van der Waals surface area contributed by atoms with Gasteiger partial charge in [-0.15, -0.1) is 24.8 Å². The highest BCUT2D eigenvalue weighted by Crippen LogP contribution is 2.22. The standard InChI is InChI=1S/C15H15N3O.2ClH/c16-15(10-4-2-1-3-5-10)11-6-7-12-13(8-11)18-14(9-19)17-12;;/h1-8,15,19H,9,16H2,(H,17,18);2*1H. The second kappa shape index (κ2) is 7.43. The Bertz CT molecular complexity index is 700. The van der Waals surface area contributed by atoms with E-state index in [-0.39, 0.29) is 37.5 Å². The second-order valence-corrected chi connectivity index (χ2v) is 4.51. The van der Waals surface area contributed by atoms with Gasteiger partial charge in [0.05, 0.1) is 17.1 Å². The van der Waals surface area contributed by atoms with Crippen LogP contribution in [0.2, 0.25) is 0 Å². The van der Waals surface area contributed by atoms with Crippen molar-refractivity contribution in [1.82, 2.24) is 9.97 Å². The first-order chi connectivity index (χ1) is 9.28. The van der Waals surface area contributed by atoms with Gasteiger partial charge < -0.3 is 15.8 Å². The zero-order valence-corrected chi connectivity index (χ0v) is 12.8. The molecule has 21 heavy (non-hydrogen) atoms. The molecule has 1 unspecified atom stereocenters. The lowest BCUT2D eigenvalue weighted by Crippen LogP contribution is -2.11.